The van der Waals surface area contributed by atoms with Crippen LogP contribution < -0.4 is 5.32 Å². The Balaban J connectivity index is 2.14. The van der Waals surface area contributed by atoms with Gasteiger partial charge in [0.25, 0.3) is 0 Å². The SMILES string of the molecule is CC(=O)NC[C@@H]1C[C@H]1[N+](=O)[O-]. The van der Waals surface area contributed by atoms with Gasteiger partial charge in [-0.25, -0.2) is 0 Å². The van der Waals surface area contributed by atoms with Crippen LogP contribution in [0.1, 0.15) is 13.3 Å². The fourth-order valence-electron chi connectivity index (χ4n) is 0.984. The minimum atomic E-state index is -0.415. The van der Waals surface area contributed by atoms with Crippen molar-refractivity contribution in [3.63, 3.8) is 0 Å². The van der Waals surface area contributed by atoms with Crippen LogP contribution in [0.25, 0.3) is 0 Å². The molecular weight excluding hydrogens is 148 g/mol. The van der Waals surface area contributed by atoms with Crippen LogP contribution in [0.5, 0.6) is 0 Å². The molecule has 0 unspecified atom stereocenters. The predicted molar refractivity (Wildman–Crippen MR) is 37.6 cm³/mol. The summed E-state index contributed by atoms with van der Waals surface area (Å²) in [6.07, 6.45) is 0.604. The van der Waals surface area contributed by atoms with Gasteiger partial charge in [-0.2, -0.15) is 0 Å². The van der Waals surface area contributed by atoms with Crippen molar-refractivity contribution >= 4 is 5.91 Å². The van der Waals surface area contributed by atoms with Crippen LogP contribution in [0.3, 0.4) is 0 Å². The lowest BCUT2D eigenvalue weighted by atomic mass is 10.4. The lowest BCUT2D eigenvalue weighted by Crippen LogP contribution is -2.24. The van der Waals surface area contributed by atoms with Crippen LogP contribution in [0.2, 0.25) is 0 Å². The molecule has 1 fully saturated rings. The molecule has 1 aliphatic carbocycles. The summed E-state index contributed by atoms with van der Waals surface area (Å²) in [7, 11) is 0. The first-order chi connectivity index (χ1) is 5.11. The van der Waals surface area contributed by atoms with Crippen molar-refractivity contribution < 1.29 is 9.72 Å². The minimum absolute atomic E-state index is 0.0638. The van der Waals surface area contributed by atoms with Crippen molar-refractivity contribution in [2.75, 3.05) is 6.54 Å². The van der Waals surface area contributed by atoms with E-state index in [-0.39, 0.29) is 16.7 Å². The lowest BCUT2D eigenvalue weighted by Gasteiger charge is -1.96. The zero-order valence-electron chi connectivity index (χ0n) is 6.24. The smallest absolute Gasteiger partial charge is 0.218 e. The highest BCUT2D eigenvalue weighted by Crippen LogP contribution is 2.31. The van der Waals surface area contributed by atoms with E-state index in [1.165, 1.54) is 6.92 Å². The molecule has 0 aromatic heterocycles. The molecule has 0 spiro atoms. The maximum Gasteiger partial charge on any atom is 0.218 e. The van der Waals surface area contributed by atoms with E-state index < -0.39 is 6.04 Å². The zero-order chi connectivity index (χ0) is 8.43. The van der Waals surface area contributed by atoms with Crippen molar-refractivity contribution in [3.8, 4) is 0 Å². The normalized spacial score (nSPS) is 27.7. The molecule has 5 heteroatoms. The number of amides is 1. The third-order valence-corrected chi connectivity index (χ3v) is 1.77. The third kappa shape index (κ3) is 2.18. The second-order valence-electron chi connectivity index (χ2n) is 2.79. The van der Waals surface area contributed by atoms with Gasteiger partial charge in [0.1, 0.15) is 0 Å². The molecule has 1 amide bonds. The van der Waals surface area contributed by atoms with Gasteiger partial charge in [-0.1, -0.05) is 0 Å². The summed E-state index contributed by atoms with van der Waals surface area (Å²) in [5.74, 6) is -0.0621. The molecule has 0 aliphatic heterocycles. The van der Waals surface area contributed by atoms with Crippen LogP contribution in [0, 0.1) is 16.0 Å². The van der Waals surface area contributed by atoms with Crippen molar-refractivity contribution in [2.45, 2.75) is 19.4 Å². The topological polar surface area (TPSA) is 72.2 Å². The average molecular weight is 158 g/mol. The Morgan fingerprint density at radius 2 is 2.45 bits per heavy atom. The summed E-state index contributed by atoms with van der Waals surface area (Å²) < 4.78 is 0. The van der Waals surface area contributed by atoms with Crippen LogP contribution in [0.4, 0.5) is 0 Å². The first kappa shape index (κ1) is 7.97. The molecule has 0 heterocycles. The van der Waals surface area contributed by atoms with Gasteiger partial charge in [0, 0.05) is 24.8 Å². The van der Waals surface area contributed by atoms with Gasteiger partial charge in [-0.3, -0.25) is 14.9 Å². The summed E-state index contributed by atoms with van der Waals surface area (Å²) in [6, 6.07) is -0.415. The maximum absolute atomic E-state index is 10.4. The van der Waals surface area contributed by atoms with E-state index in [1.54, 1.807) is 0 Å². The predicted octanol–water partition coefficient (Wildman–Crippen LogP) is -0.212. The van der Waals surface area contributed by atoms with Gasteiger partial charge in [0.2, 0.25) is 11.9 Å². The summed E-state index contributed by atoms with van der Waals surface area (Å²) >= 11 is 0. The van der Waals surface area contributed by atoms with Gasteiger partial charge in [-0.15, -0.1) is 0 Å². The van der Waals surface area contributed by atoms with Crippen LogP contribution >= 0.6 is 0 Å². The number of hydrogen-bond donors (Lipinski definition) is 1. The molecule has 2 atom stereocenters. The largest absolute Gasteiger partial charge is 0.356 e. The first-order valence-corrected chi connectivity index (χ1v) is 3.49. The molecule has 0 aromatic carbocycles. The van der Waals surface area contributed by atoms with Crippen LogP contribution in [-0.4, -0.2) is 23.4 Å². The highest BCUT2D eigenvalue weighted by atomic mass is 16.6. The molecule has 0 aromatic rings. The van der Waals surface area contributed by atoms with Crippen molar-refractivity contribution in [2.24, 2.45) is 5.92 Å². The minimum Gasteiger partial charge on any atom is -0.356 e. The quantitative estimate of drug-likeness (QED) is 0.456. The summed E-state index contributed by atoms with van der Waals surface area (Å²) in [5, 5.41) is 12.7. The van der Waals surface area contributed by atoms with E-state index in [0.29, 0.717) is 13.0 Å². The Morgan fingerprint density at radius 1 is 1.82 bits per heavy atom. The number of nitro groups is 1. The van der Waals surface area contributed by atoms with Crippen molar-refractivity contribution in [1.82, 2.24) is 5.32 Å². The summed E-state index contributed by atoms with van der Waals surface area (Å²) in [6.45, 7) is 1.85. The highest BCUT2D eigenvalue weighted by molar-refractivity contribution is 5.72. The molecular formula is C6H10N2O3. The number of nitrogens with zero attached hydrogens (tertiary/aromatic N) is 1. The van der Waals surface area contributed by atoms with E-state index in [2.05, 4.69) is 5.32 Å². The van der Waals surface area contributed by atoms with Gasteiger partial charge in [-0.05, 0) is 0 Å². The monoisotopic (exact) mass is 158 g/mol. The van der Waals surface area contributed by atoms with Gasteiger partial charge >= 0.3 is 0 Å². The third-order valence-electron chi connectivity index (χ3n) is 1.77. The molecule has 1 aliphatic rings. The fourth-order valence-corrected chi connectivity index (χ4v) is 0.984. The Hall–Kier alpha value is -1.13. The second kappa shape index (κ2) is 2.86. The van der Waals surface area contributed by atoms with E-state index in [1.807, 2.05) is 0 Å². The molecule has 0 saturated heterocycles. The van der Waals surface area contributed by atoms with E-state index in [4.69, 9.17) is 0 Å². The van der Waals surface area contributed by atoms with E-state index in [0.717, 1.165) is 0 Å². The Bertz CT molecular complexity index is 192. The number of carbonyl (C=O) groups excluding carboxylic acids is 1. The molecule has 1 saturated carbocycles. The second-order valence-corrected chi connectivity index (χ2v) is 2.79. The number of hydrogen-bond acceptors (Lipinski definition) is 3. The Kier molecular flexibility index (Phi) is 2.07. The maximum atomic E-state index is 10.4. The zero-order valence-corrected chi connectivity index (χ0v) is 6.24. The van der Waals surface area contributed by atoms with E-state index in [9.17, 15) is 14.9 Å². The van der Waals surface area contributed by atoms with Gasteiger partial charge < -0.3 is 5.32 Å². The van der Waals surface area contributed by atoms with E-state index >= 15 is 0 Å². The number of rotatable bonds is 3. The molecule has 0 bridgehead atoms. The van der Waals surface area contributed by atoms with Crippen LogP contribution in [0.15, 0.2) is 0 Å². The summed E-state index contributed by atoms with van der Waals surface area (Å²) in [4.78, 5) is 20.2. The fraction of sp³-hybridized carbons (Fsp3) is 0.833. The standard InChI is InChI=1S/C6H10N2O3/c1-4(9)7-3-5-2-6(5)8(10)11/h5-6H,2-3H2,1H3,(H,7,9)/t5-,6+/m0/s1. The average Bonchev–Trinajstić information content (AvgIpc) is 2.61. The van der Waals surface area contributed by atoms with Gasteiger partial charge in [0.15, 0.2) is 0 Å². The Morgan fingerprint density at radius 3 is 2.82 bits per heavy atom. The molecule has 1 rings (SSSR count). The van der Waals surface area contributed by atoms with Crippen molar-refractivity contribution in [3.05, 3.63) is 10.1 Å². The molecule has 1 N–H and O–H groups in total. The number of carbonyl (C=O) groups is 1. The first-order valence-electron chi connectivity index (χ1n) is 3.49. The number of nitrogens with one attached hydrogen (secondary N) is 1. The molecule has 11 heavy (non-hydrogen) atoms. The van der Waals surface area contributed by atoms with Crippen molar-refractivity contribution in [1.29, 1.82) is 0 Å². The highest BCUT2D eigenvalue weighted by Gasteiger charge is 2.47. The Labute approximate surface area is 63.9 Å². The molecule has 62 valence electrons. The molecule has 5 nitrogen and oxygen atoms in total. The van der Waals surface area contributed by atoms with Crippen LogP contribution in [-0.2, 0) is 4.79 Å². The summed E-state index contributed by atoms with van der Waals surface area (Å²) in [5.41, 5.74) is 0. The lowest BCUT2D eigenvalue weighted by molar-refractivity contribution is -0.498. The molecule has 0 radical (unpaired) electrons. The van der Waals surface area contributed by atoms with Gasteiger partial charge in [0.05, 0.1) is 5.92 Å².